The molecule has 2 aliphatic carbocycles. The van der Waals surface area contributed by atoms with E-state index in [1.54, 1.807) is 0 Å². The molecule has 0 saturated heterocycles. The van der Waals surface area contributed by atoms with Crippen molar-refractivity contribution in [1.82, 2.24) is 15.0 Å². The number of pyridine rings is 3. The molecule has 0 bridgehead atoms. The summed E-state index contributed by atoms with van der Waals surface area (Å²) in [6.07, 6.45) is 19.3. The minimum Gasteiger partial charge on any atom is -0.304 e. The van der Waals surface area contributed by atoms with Crippen molar-refractivity contribution in [3.63, 3.8) is 0 Å². The van der Waals surface area contributed by atoms with Crippen LogP contribution in [0.15, 0.2) is 182 Å². The summed E-state index contributed by atoms with van der Waals surface area (Å²) in [6.45, 7) is 2.07. The van der Waals surface area contributed by atoms with Crippen LogP contribution in [-0.2, 0) is 71.5 Å². The Kier molecular flexibility index (Phi) is 15.2. The van der Waals surface area contributed by atoms with E-state index in [9.17, 15) is 5.26 Å². The fourth-order valence-electron chi connectivity index (χ4n) is 11.1. The van der Waals surface area contributed by atoms with Gasteiger partial charge in [-0.05, 0) is 156 Å². The zero-order valence-electron chi connectivity index (χ0n) is 42.9. The molecule has 3 heterocycles. The van der Waals surface area contributed by atoms with Crippen LogP contribution in [0.2, 0.25) is 0 Å². The minimum atomic E-state index is 0. The van der Waals surface area contributed by atoms with Crippen molar-refractivity contribution in [2.75, 3.05) is 0 Å². The van der Waals surface area contributed by atoms with Gasteiger partial charge in [-0.3, -0.25) is 0 Å². The van der Waals surface area contributed by atoms with Crippen molar-refractivity contribution in [3.05, 3.63) is 256 Å². The van der Waals surface area contributed by atoms with Crippen LogP contribution in [0.3, 0.4) is 0 Å². The van der Waals surface area contributed by atoms with E-state index in [0.29, 0.717) is 5.56 Å². The summed E-state index contributed by atoms with van der Waals surface area (Å²) in [4.78, 5) is 14.5. The number of benzene rings is 7. The second-order valence-corrected chi connectivity index (χ2v) is 20.6. The number of aryl methyl sites for hydroxylation is 9. The van der Waals surface area contributed by atoms with Crippen LogP contribution in [0.1, 0.15) is 81.3 Å². The van der Waals surface area contributed by atoms with Crippen LogP contribution < -0.4 is 0 Å². The van der Waals surface area contributed by atoms with Crippen molar-refractivity contribution < 1.29 is 20.1 Å². The maximum absolute atomic E-state index is 9.42. The number of aromatic nitrogens is 3. The third-order valence-corrected chi connectivity index (χ3v) is 15.4. The average molecular weight is 1160 g/mol. The van der Waals surface area contributed by atoms with Crippen molar-refractivity contribution in [2.45, 2.75) is 84.0 Å². The zero-order valence-corrected chi connectivity index (χ0v) is 45.3. The zero-order chi connectivity index (χ0) is 50.5. The molecule has 2 aliphatic rings. The first-order valence-corrected chi connectivity index (χ1v) is 26.8. The van der Waals surface area contributed by atoms with Gasteiger partial charge in [0.2, 0.25) is 0 Å². The molecule has 0 fully saturated rings. The van der Waals surface area contributed by atoms with Gasteiger partial charge in [0.1, 0.15) is 0 Å². The molecule has 370 valence electrons. The van der Waals surface area contributed by atoms with Crippen LogP contribution in [-0.4, -0.2) is 15.0 Å². The third kappa shape index (κ3) is 11.2. The summed E-state index contributed by atoms with van der Waals surface area (Å²) < 4.78 is 0. The van der Waals surface area contributed by atoms with Gasteiger partial charge >= 0.3 is 20.1 Å². The summed E-state index contributed by atoms with van der Waals surface area (Å²) in [5.74, 6) is 0. The quantitative estimate of drug-likeness (QED) is 0.108. The topological polar surface area (TPSA) is 62.5 Å². The van der Waals surface area contributed by atoms with Crippen LogP contribution >= 0.6 is 0 Å². The van der Waals surface area contributed by atoms with Gasteiger partial charge in [-0.1, -0.05) is 144 Å². The van der Waals surface area contributed by atoms with Gasteiger partial charge in [0.15, 0.2) is 0 Å². The largest absolute Gasteiger partial charge is 3.00 e. The number of fused-ring (bicyclic) bond motifs is 2. The summed E-state index contributed by atoms with van der Waals surface area (Å²) in [6, 6.07) is 72.2. The normalized spacial score (nSPS) is 12.7. The molecule has 7 aromatic carbocycles. The van der Waals surface area contributed by atoms with E-state index in [1.807, 2.05) is 30.5 Å². The Morgan fingerprint density at radius 1 is 0.408 bits per heavy atom. The van der Waals surface area contributed by atoms with E-state index in [1.165, 1.54) is 81.3 Å². The molecule has 10 aromatic rings. The second-order valence-electron chi connectivity index (χ2n) is 20.6. The maximum Gasteiger partial charge on any atom is 3.00 e. The second kappa shape index (κ2) is 22.9. The Morgan fingerprint density at radius 3 is 1.46 bits per heavy atom. The van der Waals surface area contributed by atoms with Gasteiger partial charge in [0, 0.05) is 18.6 Å². The smallest absolute Gasteiger partial charge is 0.304 e. The van der Waals surface area contributed by atoms with Gasteiger partial charge in [0.05, 0.1) is 11.6 Å². The van der Waals surface area contributed by atoms with Crippen LogP contribution in [0.5, 0.6) is 0 Å². The first-order chi connectivity index (χ1) is 37.0. The Bertz CT molecular complexity index is 3580. The monoisotopic (exact) mass is 1160 g/mol. The molecule has 0 saturated carbocycles. The Labute approximate surface area is 462 Å². The standard InChI is InChI=1S/C71H57N4.Ir/c1-48-14-37-69(73-45-48)61-35-36-67(68(41-61)56-33-31-55(32-34-56)54-25-23-51(44-72)24-26-54)66-13-7-6-12-65(66)64-39-52(17-15-49-19-27-57(28-20-49)70-42-59-8-2-4-10-62(59)46-74-70)38-53(40-64)18-16-50-21-29-58(30-22-50)71-43-60-9-3-5-11-63(60)47-75-71;/h6-7,12-14,19-27,29,31-34,36-43,45-47H,2-5,8-11,15-18H2,1H3;/q-3;+3. The summed E-state index contributed by atoms with van der Waals surface area (Å²) in [5.41, 5.74) is 27.6. The molecule has 0 atom stereocenters. The van der Waals surface area contributed by atoms with Crippen molar-refractivity contribution in [1.29, 1.82) is 5.26 Å². The van der Waals surface area contributed by atoms with E-state index in [4.69, 9.17) is 15.0 Å². The molecular weight excluding hydrogens is 1100 g/mol. The molecule has 0 amide bonds. The molecule has 0 N–H and O–H groups in total. The van der Waals surface area contributed by atoms with Gasteiger partial charge in [-0.15, -0.1) is 94.5 Å². The van der Waals surface area contributed by atoms with Gasteiger partial charge < -0.3 is 15.0 Å². The van der Waals surface area contributed by atoms with Crippen LogP contribution in [0.4, 0.5) is 0 Å². The van der Waals surface area contributed by atoms with Gasteiger partial charge in [-0.2, -0.15) is 5.26 Å². The van der Waals surface area contributed by atoms with E-state index in [0.717, 1.165) is 124 Å². The molecule has 5 heteroatoms. The predicted molar refractivity (Wildman–Crippen MR) is 305 cm³/mol. The fourth-order valence-corrected chi connectivity index (χ4v) is 11.1. The molecule has 12 rings (SSSR count). The molecule has 76 heavy (non-hydrogen) atoms. The van der Waals surface area contributed by atoms with Crippen LogP contribution in [0, 0.1) is 36.5 Å². The molecule has 3 aromatic heterocycles. The number of rotatable bonds is 13. The summed E-state index contributed by atoms with van der Waals surface area (Å²) in [5, 5.41) is 9.42. The van der Waals surface area contributed by atoms with E-state index in [-0.39, 0.29) is 20.1 Å². The molecule has 0 aliphatic heterocycles. The Morgan fingerprint density at radius 2 is 0.921 bits per heavy atom. The molecular formula is C71H57IrN4. The number of hydrogen-bond acceptors (Lipinski definition) is 4. The Hall–Kier alpha value is -7.87. The van der Waals surface area contributed by atoms with Gasteiger partial charge in [0.25, 0.3) is 0 Å². The van der Waals surface area contributed by atoms with Crippen molar-refractivity contribution in [3.8, 4) is 84.3 Å². The Balaban J connectivity index is 0.00000616. The van der Waals surface area contributed by atoms with Gasteiger partial charge in [-0.25, -0.2) is 0 Å². The molecule has 0 radical (unpaired) electrons. The molecule has 0 spiro atoms. The number of hydrogen-bond donors (Lipinski definition) is 0. The van der Waals surface area contributed by atoms with Crippen LogP contribution in [0.25, 0.3) is 78.3 Å². The summed E-state index contributed by atoms with van der Waals surface area (Å²) in [7, 11) is 0. The maximum atomic E-state index is 9.42. The molecule has 4 nitrogen and oxygen atoms in total. The third-order valence-electron chi connectivity index (χ3n) is 15.4. The van der Waals surface area contributed by atoms with E-state index < -0.39 is 0 Å². The first-order valence-electron chi connectivity index (χ1n) is 26.8. The summed E-state index contributed by atoms with van der Waals surface area (Å²) >= 11 is 0. The average Bonchev–Trinajstić information content (AvgIpc) is 3.49. The van der Waals surface area contributed by atoms with E-state index in [2.05, 4.69) is 183 Å². The molecule has 0 unspecified atom stereocenters. The van der Waals surface area contributed by atoms with E-state index >= 15 is 0 Å². The number of nitrogens with zero attached hydrogens (tertiary/aromatic N) is 4. The minimum absolute atomic E-state index is 0. The van der Waals surface area contributed by atoms with Crippen molar-refractivity contribution in [2.24, 2.45) is 0 Å². The number of nitriles is 1. The van der Waals surface area contributed by atoms with Crippen molar-refractivity contribution >= 4 is 0 Å². The SMILES string of the molecule is Cc1ccc(-c2[c-]cc(-c3ccccc3-c3cc(CCc4c[c-]c(-c5cc6c(cn5)CCCC6)cc4)cc(CCc4c[c-]c(-c5cc6c(cn5)CCCC6)cc4)c3)c(-c3ccc(-c4ccc(C#N)cc4)cc3)c2)nc1.[Ir+3]. The predicted octanol–water partition coefficient (Wildman–Crippen LogP) is 16.4. The first kappa shape index (κ1) is 50.3. The fraction of sp³-hybridized carbons (Fsp3) is 0.183.